The van der Waals surface area contributed by atoms with Crippen molar-refractivity contribution in [2.24, 2.45) is 0 Å². The van der Waals surface area contributed by atoms with Crippen molar-refractivity contribution in [2.45, 2.75) is 0 Å². The average Bonchev–Trinajstić information content (AvgIpc) is 2.19. The average molecular weight is 249 g/mol. The Hall–Kier alpha value is -1.40. The van der Waals surface area contributed by atoms with Crippen LogP contribution in [0.3, 0.4) is 0 Å². The highest BCUT2D eigenvalue weighted by Crippen LogP contribution is 2.26. The van der Waals surface area contributed by atoms with Crippen LogP contribution in [0.4, 0.5) is 4.39 Å². The summed E-state index contributed by atoms with van der Waals surface area (Å²) in [4.78, 5) is 0. The van der Waals surface area contributed by atoms with Gasteiger partial charge in [0.05, 0.1) is 5.56 Å². The highest BCUT2D eigenvalue weighted by molar-refractivity contribution is 9.10. The molecule has 67 valence electrons. The van der Waals surface area contributed by atoms with E-state index in [1.165, 1.54) is 12.1 Å². The highest BCUT2D eigenvalue weighted by atomic mass is 79.9. The number of nitriles is 1. The van der Waals surface area contributed by atoms with Crippen molar-refractivity contribution in [1.29, 1.82) is 5.26 Å². The minimum absolute atomic E-state index is 0.312. The molecule has 0 spiro atoms. The molecule has 0 amide bonds. The molecule has 0 unspecified atom stereocenters. The second kappa shape index (κ2) is 3.39. The molecule has 0 aromatic heterocycles. The quantitative estimate of drug-likeness (QED) is 0.701. The van der Waals surface area contributed by atoms with Crippen molar-refractivity contribution < 1.29 is 4.39 Å². The lowest BCUT2D eigenvalue weighted by Gasteiger charge is -2.01. The number of nitrogens with zero attached hydrogens (tertiary/aromatic N) is 1. The molecule has 0 aliphatic heterocycles. The summed E-state index contributed by atoms with van der Waals surface area (Å²) < 4.78 is 13.7. The fourth-order valence-corrected chi connectivity index (χ4v) is 1.76. The molecule has 0 aliphatic carbocycles. The van der Waals surface area contributed by atoms with Gasteiger partial charge >= 0.3 is 0 Å². The van der Waals surface area contributed by atoms with E-state index in [-0.39, 0.29) is 5.82 Å². The van der Waals surface area contributed by atoms with Gasteiger partial charge in [-0.2, -0.15) is 5.26 Å². The van der Waals surface area contributed by atoms with E-state index in [9.17, 15) is 4.39 Å². The van der Waals surface area contributed by atoms with Crippen molar-refractivity contribution in [2.75, 3.05) is 0 Å². The molecular weight excluding hydrogens is 245 g/mol. The number of benzene rings is 2. The zero-order chi connectivity index (χ0) is 10.1. The summed E-state index contributed by atoms with van der Waals surface area (Å²) in [5.74, 6) is -0.312. The first kappa shape index (κ1) is 9.17. The Morgan fingerprint density at radius 3 is 2.86 bits per heavy atom. The monoisotopic (exact) mass is 248 g/mol. The molecule has 2 aromatic carbocycles. The van der Waals surface area contributed by atoms with Gasteiger partial charge in [0.25, 0.3) is 0 Å². The van der Waals surface area contributed by atoms with Crippen molar-refractivity contribution in [3.63, 3.8) is 0 Å². The van der Waals surface area contributed by atoms with E-state index in [4.69, 9.17) is 5.26 Å². The molecule has 0 saturated carbocycles. The number of hydrogen-bond donors (Lipinski definition) is 0. The Balaban J connectivity index is 2.93. The van der Waals surface area contributed by atoms with Crippen LogP contribution in [0.1, 0.15) is 5.56 Å². The highest BCUT2D eigenvalue weighted by Gasteiger charge is 2.04. The zero-order valence-corrected chi connectivity index (χ0v) is 8.60. The third kappa shape index (κ3) is 1.38. The maximum absolute atomic E-state index is 12.9. The number of hydrogen-bond acceptors (Lipinski definition) is 1. The molecule has 0 heterocycles. The second-order valence-corrected chi connectivity index (χ2v) is 3.67. The summed E-state index contributed by atoms with van der Waals surface area (Å²) in [6.07, 6.45) is 0. The van der Waals surface area contributed by atoms with Crippen molar-refractivity contribution in [3.05, 3.63) is 46.2 Å². The lowest BCUT2D eigenvalue weighted by Crippen LogP contribution is -1.83. The van der Waals surface area contributed by atoms with E-state index in [0.717, 1.165) is 4.47 Å². The summed E-state index contributed by atoms with van der Waals surface area (Å²) in [5.41, 5.74) is 0.434. The van der Waals surface area contributed by atoms with E-state index >= 15 is 0 Å². The van der Waals surface area contributed by atoms with Crippen LogP contribution in [0.5, 0.6) is 0 Å². The summed E-state index contributed by atoms with van der Waals surface area (Å²) in [6, 6.07) is 10.8. The first-order chi connectivity index (χ1) is 6.72. The van der Waals surface area contributed by atoms with Crippen LogP contribution in [-0.2, 0) is 0 Å². The molecular formula is C11H4BrFN. The predicted octanol–water partition coefficient (Wildman–Crippen LogP) is 3.41. The van der Waals surface area contributed by atoms with Gasteiger partial charge in [0.2, 0.25) is 0 Å². The molecule has 0 bridgehead atoms. The Labute approximate surface area is 88.9 Å². The number of rotatable bonds is 0. The molecule has 2 aromatic rings. The fourth-order valence-electron chi connectivity index (χ4n) is 1.32. The molecule has 0 fully saturated rings. The molecule has 0 atom stereocenters. The largest absolute Gasteiger partial charge is 0.207 e. The van der Waals surface area contributed by atoms with Crippen LogP contribution in [-0.4, -0.2) is 0 Å². The van der Waals surface area contributed by atoms with Gasteiger partial charge in [0.1, 0.15) is 11.9 Å². The molecule has 2 rings (SSSR count). The van der Waals surface area contributed by atoms with Crippen LogP contribution < -0.4 is 0 Å². The summed E-state index contributed by atoms with van der Waals surface area (Å²) in [6.45, 7) is 0. The molecule has 1 nitrogen and oxygen atoms in total. The Morgan fingerprint density at radius 1 is 1.36 bits per heavy atom. The number of halogens is 2. The fraction of sp³-hybridized carbons (Fsp3) is 0. The van der Waals surface area contributed by atoms with Gasteiger partial charge in [-0.25, -0.2) is 4.39 Å². The van der Waals surface area contributed by atoms with Gasteiger partial charge in [-0.05, 0) is 18.2 Å². The Kier molecular flexibility index (Phi) is 2.22. The van der Waals surface area contributed by atoms with Gasteiger partial charge in [0, 0.05) is 21.3 Å². The Bertz CT molecular complexity index is 543. The van der Waals surface area contributed by atoms with E-state index in [1.54, 1.807) is 12.1 Å². The van der Waals surface area contributed by atoms with Gasteiger partial charge < -0.3 is 0 Å². The zero-order valence-electron chi connectivity index (χ0n) is 7.01. The van der Waals surface area contributed by atoms with Crippen molar-refractivity contribution in [1.82, 2.24) is 0 Å². The standard InChI is InChI=1S/C11H4BrFN/c12-11-4-1-7(6-14)9-3-2-8(13)5-10(9)11/h2-5H. The summed E-state index contributed by atoms with van der Waals surface area (Å²) >= 11 is 3.29. The van der Waals surface area contributed by atoms with Gasteiger partial charge in [-0.1, -0.05) is 22.0 Å². The maximum Gasteiger partial charge on any atom is 0.123 e. The number of fused-ring (bicyclic) bond motifs is 1. The third-order valence-corrected chi connectivity index (χ3v) is 2.62. The molecule has 0 N–H and O–H groups in total. The molecule has 3 heteroatoms. The minimum atomic E-state index is -0.312. The van der Waals surface area contributed by atoms with E-state index in [0.29, 0.717) is 16.3 Å². The van der Waals surface area contributed by atoms with Crippen LogP contribution >= 0.6 is 15.9 Å². The van der Waals surface area contributed by atoms with Crippen LogP contribution in [0.15, 0.2) is 28.7 Å². The lowest BCUT2D eigenvalue weighted by atomic mass is 10.1. The first-order valence-corrected chi connectivity index (χ1v) is 4.71. The summed E-state index contributed by atoms with van der Waals surface area (Å²) in [7, 11) is 0. The SMILES string of the molecule is N#Cc1[c]cc(Br)c2cc(F)ccc12. The second-order valence-electron chi connectivity index (χ2n) is 2.81. The van der Waals surface area contributed by atoms with Gasteiger partial charge in [-0.15, -0.1) is 0 Å². The van der Waals surface area contributed by atoms with Gasteiger partial charge in [-0.3, -0.25) is 0 Å². The van der Waals surface area contributed by atoms with Crippen molar-refractivity contribution >= 4 is 26.7 Å². The molecule has 0 saturated heterocycles. The van der Waals surface area contributed by atoms with E-state index in [2.05, 4.69) is 22.0 Å². The normalized spacial score (nSPS) is 10.1. The van der Waals surface area contributed by atoms with Crippen LogP contribution in [0.2, 0.25) is 0 Å². The smallest absolute Gasteiger partial charge is 0.123 e. The van der Waals surface area contributed by atoms with Crippen molar-refractivity contribution in [3.8, 4) is 6.07 Å². The van der Waals surface area contributed by atoms with Crippen LogP contribution in [0, 0.1) is 23.2 Å². The van der Waals surface area contributed by atoms with Crippen LogP contribution in [0.25, 0.3) is 10.8 Å². The lowest BCUT2D eigenvalue weighted by molar-refractivity contribution is 0.629. The van der Waals surface area contributed by atoms with Gasteiger partial charge in [0.15, 0.2) is 0 Å². The summed E-state index contributed by atoms with van der Waals surface area (Å²) in [5, 5.41) is 10.2. The Morgan fingerprint density at radius 2 is 2.14 bits per heavy atom. The third-order valence-electron chi connectivity index (χ3n) is 1.96. The predicted molar refractivity (Wildman–Crippen MR) is 55.2 cm³/mol. The minimum Gasteiger partial charge on any atom is -0.207 e. The first-order valence-electron chi connectivity index (χ1n) is 3.92. The molecule has 0 aliphatic rings. The topological polar surface area (TPSA) is 23.8 Å². The van der Waals surface area contributed by atoms with E-state index < -0.39 is 0 Å². The maximum atomic E-state index is 12.9. The van der Waals surface area contributed by atoms with E-state index in [1.807, 2.05) is 6.07 Å². The molecule has 14 heavy (non-hydrogen) atoms. The molecule has 1 radical (unpaired) electrons.